The third kappa shape index (κ3) is 64.8. The quantitative estimate of drug-likeness (QED) is 0.0261. The lowest BCUT2D eigenvalue weighted by atomic mass is 10.0. The van der Waals surface area contributed by atoms with Crippen LogP contribution in [0.2, 0.25) is 0 Å². The van der Waals surface area contributed by atoms with Crippen molar-refractivity contribution in [3.63, 3.8) is 0 Å². The number of carbonyl (C=O) groups excluding carboxylic acids is 3. The molecule has 0 radical (unpaired) electrons. The summed E-state index contributed by atoms with van der Waals surface area (Å²) in [6.45, 7) is 6.36. The molecule has 0 aliphatic rings. The summed E-state index contributed by atoms with van der Waals surface area (Å²) >= 11 is 0. The van der Waals surface area contributed by atoms with Gasteiger partial charge in [-0.1, -0.05) is 323 Å². The second-order valence-electron chi connectivity index (χ2n) is 22.0. The van der Waals surface area contributed by atoms with Gasteiger partial charge < -0.3 is 14.2 Å². The third-order valence-corrected chi connectivity index (χ3v) is 14.3. The second-order valence-corrected chi connectivity index (χ2v) is 22.0. The SMILES string of the molecule is CC/C=C\C/C=C\C/C=C\C/C=C\C/C=C\CC(=O)OCC(COC(=O)CCCCCCCCCCCCCC/C=C\C/C=C\C/C=C\C/C=C\CC)OC(=O)CCCCCCCCCCCCCCCCCCCCCCC. The summed E-state index contributed by atoms with van der Waals surface area (Å²) in [7, 11) is 0. The molecule has 0 aromatic carbocycles. The van der Waals surface area contributed by atoms with E-state index >= 15 is 0 Å². The van der Waals surface area contributed by atoms with Crippen molar-refractivity contribution < 1.29 is 28.6 Å². The van der Waals surface area contributed by atoms with Crippen LogP contribution < -0.4 is 0 Å². The molecule has 6 heteroatoms. The van der Waals surface area contributed by atoms with Crippen LogP contribution in [0, 0.1) is 0 Å². The van der Waals surface area contributed by atoms with Crippen molar-refractivity contribution in [3.8, 4) is 0 Å². The topological polar surface area (TPSA) is 78.9 Å². The number of hydrogen-bond acceptors (Lipinski definition) is 6. The Bertz CT molecular complexity index is 1590. The summed E-state index contributed by atoms with van der Waals surface area (Å²) in [6, 6.07) is 0. The standard InChI is InChI=1S/C73H124O6/c1-4-7-10-13-16-19-22-25-28-30-32-34-35-36-37-39-40-42-45-48-51-54-57-60-63-66-72(75)78-69-70(68-77-71(74)65-62-59-56-53-50-47-44-27-24-21-18-15-12-9-6-3)79-73(76)67-64-61-58-55-52-49-46-43-41-38-33-31-29-26-23-20-17-14-11-8-5-2/h7,9-10,12,16,18-19,21,25,27-28,32,34,44,50,53,59,62,70H,4-6,8,11,13-15,17,20,22-24,26,29-31,33,35-43,45-49,51-52,54-58,60-61,63-69H2,1-3H3/b10-7-,12-9-,19-16-,21-18-,28-25-,34-32-,44-27-,53-50-,62-59-. The summed E-state index contributed by atoms with van der Waals surface area (Å²) in [4.78, 5) is 38.3. The Kier molecular flexibility index (Phi) is 63.3. The van der Waals surface area contributed by atoms with E-state index in [9.17, 15) is 14.4 Å². The highest BCUT2D eigenvalue weighted by molar-refractivity contribution is 5.72. The van der Waals surface area contributed by atoms with E-state index < -0.39 is 12.1 Å². The minimum atomic E-state index is -0.820. The highest BCUT2D eigenvalue weighted by Crippen LogP contribution is 2.17. The average molecular weight is 1100 g/mol. The Hall–Kier alpha value is -3.93. The van der Waals surface area contributed by atoms with Crippen molar-refractivity contribution in [1.29, 1.82) is 0 Å². The van der Waals surface area contributed by atoms with E-state index in [1.54, 1.807) is 6.08 Å². The molecule has 1 unspecified atom stereocenters. The molecule has 0 heterocycles. The minimum Gasteiger partial charge on any atom is -0.462 e. The number of allylic oxidation sites excluding steroid dienone is 17. The van der Waals surface area contributed by atoms with Gasteiger partial charge in [0, 0.05) is 12.8 Å². The highest BCUT2D eigenvalue weighted by Gasteiger charge is 2.19. The van der Waals surface area contributed by atoms with Crippen LogP contribution in [0.15, 0.2) is 109 Å². The molecule has 0 N–H and O–H groups in total. The van der Waals surface area contributed by atoms with Crippen LogP contribution in [0.5, 0.6) is 0 Å². The number of ether oxygens (including phenoxy) is 3. The van der Waals surface area contributed by atoms with Gasteiger partial charge in [-0.25, -0.2) is 0 Å². The predicted octanol–water partition coefficient (Wildman–Crippen LogP) is 23.0. The van der Waals surface area contributed by atoms with Crippen molar-refractivity contribution in [2.45, 2.75) is 322 Å². The van der Waals surface area contributed by atoms with E-state index in [0.717, 1.165) is 96.3 Å². The zero-order chi connectivity index (χ0) is 57.1. The zero-order valence-corrected chi connectivity index (χ0v) is 51.9. The van der Waals surface area contributed by atoms with Crippen molar-refractivity contribution in [2.24, 2.45) is 0 Å². The van der Waals surface area contributed by atoms with E-state index in [1.165, 1.54) is 180 Å². The number of esters is 3. The largest absolute Gasteiger partial charge is 0.462 e. The maximum atomic E-state index is 12.9. The van der Waals surface area contributed by atoms with E-state index in [0.29, 0.717) is 12.8 Å². The maximum absolute atomic E-state index is 12.9. The number of hydrogen-bond donors (Lipinski definition) is 0. The number of unbranched alkanes of at least 4 members (excludes halogenated alkanes) is 32. The van der Waals surface area contributed by atoms with Crippen LogP contribution in [-0.2, 0) is 28.6 Å². The predicted molar refractivity (Wildman–Crippen MR) is 343 cm³/mol. The molecule has 0 aliphatic carbocycles. The molecule has 0 rings (SSSR count). The van der Waals surface area contributed by atoms with Gasteiger partial charge in [-0.2, -0.15) is 0 Å². The Morgan fingerprint density at radius 2 is 0.544 bits per heavy atom. The molecule has 6 nitrogen and oxygen atoms in total. The molecule has 0 saturated carbocycles. The molecule has 452 valence electrons. The summed E-state index contributed by atoms with van der Waals surface area (Å²) in [5.74, 6) is -1.03. The lowest BCUT2D eigenvalue weighted by Crippen LogP contribution is -2.30. The van der Waals surface area contributed by atoms with Gasteiger partial charge in [-0.15, -0.1) is 0 Å². The van der Waals surface area contributed by atoms with Crippen LogP contribution in [0.4, 0.5) is 0 Å². The number of carbonyl (C=O) groups is 3. The molecule has 0 spiro atoms. The van der Waals surface area contributed by atoms with Gasteiger partial charge in [0.05, 0.1) is 6.42 Å². The molecule has 0 bridgehead atoms. The van der Waals surface area contributed by atoms with Gasteiger partial charge >= 0.3 is 17.9 Å². The van der Waals surface area contributed by atoms with Crippen molar-refractivity contribution in [3.05, 3.63) is 109 Å². The first-order valence-corrected chi connectivity index (χ1v) is 33.4. The highest BCUT2D eigenvalue weighted by atomic mass is 16.6. The Morgan fingerprint density at radius 3 is 0.886 bits per heavy atom. The van der Waals surface area contributed by atoms with Gasteiger partial charge in [0.25, 0.3) is 0 Å². The van der Waals surface area contributed by atoms with Crippen LogP contribution in [-0.4, -0.2) is 37.2 Å². The Balaban J connectivity index is 4.38. The van der Waals surface area contributed by atoms with Gasteiger partial charge in [0.2, 0.25) is 0 Å². The monoisotopic (exact) mass is 1100 g/mol. The van der Waals surface area contributed by atoms with E-state index in [2.05, 4.69) is 118 Å². The molecule has 0 aliphatic heterocycles. The number of rotatable bonds is 60. The van der Waals surface area contributed by atoms with Crippen LogP contribution in [0.25, 0.3) is 0 Å². The Labute approximate surface area is 489 Å². The molecule has 0 amide bonds. The molecule has 0 aromatic heterocycles. The Morgan fingerprint density at radius 1 is 0.278 bits per heavy atom. The lowest BCUT2D eigenvalue weighted by molar-refractivity contribution is -0.166. The summed E-state index contributed by atoms with van der Waals surface area (Å²) in [5.41, 5.74) is 0. The maximum Gasteiger partial charge on any atom is 0.309 e. The van der Waals surface area contributed by atoms with Crippen LogP contribution in [0.3, 0.4) is 0 Å². The van der Waals surface area contributed by atoms with E-state index in [4.69, 9.17) is 14.2 Å². The zero-order valence-electron chi connectivity index (χ0n) is 51.9. The first kappa shape index (κ1) is 75.1. The van der Waals surface area contributed by atoms with E-state index in [1.807, 2.05) is 6.08 Å². The smallest absolute Gasteiger partial charge is 0.309 e. The fourth-order valence-corrected chi connectivity index (χ4v) is 9.39. The van der Waals surface area contributed by atoms with Gasteiger partial charge in [-0.05, 0) is 83.5 Å². The molecule has 0 aromatic rings. The molecular weight excluding hydrogens is 973 g/mol. The average Bonchev–Trinajstić information content (AvgIpc) is 3.45. The third-order valence-electron chi connectivity index (χ3n) is 14.3. The second kappa shape index (κ2) is 66.6. The van der Waals surface area contributed by atoms with Crippen molar-refractivity contribution >= 4 is 17.9 Å². The fraction of sp³-hybridized carbons (Fsp3) is 0.712. The molecule has 1 atom stereocenters. The summed E-state index contributed by atoms with van der Waals surface area (Å²) < 4.78 is 16.9. The molecule has 0 fully saturated rings. The summed E-state index contributed by atoms with van der Waals surface area (Å²) in [5, 5.41) is 0. The van der Waals surface area contributed by atoms with Gasteiger partial charge in [-0.3, -0.25) is 14.4 Å². The van der Waals surface area contributed by atoms with Crippen molar-refractivity contribution in [2.75, 3.05) is 13.2 Å². The van der Waals surface area contributed by atoms with Gasteiger partial charge in [0.15, 0.2) is 6.10 Å². The van der Waals surface area contributed by atoms with Gasteiger partial charge in [0.1, 0.15) is 13.2 Å². The lowest BCUT2D eigenvalue weighted by Gasteiger charge is -2.18. The minimum absolute atomic E-state index is 0.107. The van der Waals surface area contributed by atoms with E-state index in [-0.39, 0.29) is 31.6 Å². The normalized spacial score (nSPS) is 12.8. The molecular formula is C73H124O6. The molecule has 0 saturated heterocycles. The van der Waals surface area contributed by atoms with Crippen molar-refractivity contribution in [1.82, 2.24) is 0 Å². The summed E-state index contributed by atoms with van der Waals surface area (Å²) in [6.07, 6.45) is 91.3. The first-order chi connectivity index (χ1) is 39.0. The van der Waals surface area contributed by atoms with Crippen LogP contribution in [0.1, 0.15) is 316 Å². The molecule has 79 heavy (non-hydrogen) atoms. The van der Waals surface area contributed by atoms with Crippen LogP contribution >= 0.6 is 0 Å². The fourth-order valence-electron chi connectivity index (χ4n) is 9.39. The first-order valence-electron chi connectivity index (χ1n) is 33.4.